The topological polar surface area (TPSA) is 64.9 Å². The lowest BCUT2D eigenvalue weighted by molar-refractivity contribution is 0.181. The minimum atomic E-state index is -0.369. The lowest BCUT2D eigenvalue weighted by Crippen LogP contribution is -2.40. The van der Waals surface area contributed by atoms with Gasteiger partial charge in [0.05, 0.1) is 5.54 Å². The van der Waals surface area contributed by atoms with E-state index in [1.807, 2.05) is 0 Å². The van der Waals surface area contributed by atoms with Crippen LogP contribution < -0.4 is 5.73 Å². The molecule has 20 heavy (non-hydrogen) atoms. The van der Waals surface area contributed by atoms with Crippen LogP contribution in [0.25, 0.3) is 0 Å². The van der Waals surface area contributed by atoms with E-state index in [1.165, 1.54) is 51.4 Å². The molecular formula is C16H27N3O. The monoisotopic (exact) mass is 277 g/mol. The third-order valence-electron chi connectivity index (χ3n) is 5.41. The zero-order chi connectivity index (χ0) is 14.0. The Labute approximate surface area is 121 Å². The lowest BCUT2D eigenvalue weighted by atomic mass is 9.76. The summed E-state index contributed by atoms with van der Waals surface area (Å²) in [4.78, 5) is 4.68. The molecule has 4 nitrogen and oxygen atoms in total. The van der Waals surface area contributed by atoms with Crippen LogP contribution >= 0.6 is 0 Å². The Bertz CT molecular complexity index is 429. The molecule has 1 heterocycles. The summed E-state index contributed by atoms with van der Waals surface area (Å²) >= 11 is 0. The van der Waals surface area contributed by atoms with Gasteiger partial charge in [0, 0.05) is 5.92 Å². The highest BCUT2D eigenvalue weighted by Crippen LogP contribution is 2.39. The maximum atomic E-state index is 6.54. The van der Waals surface area contributed by atoms with Gasteiger partial charge in [0.2, 0.25) is 5.89 Å². The number of rotatable bonds is 3. The molecule has 2 N–H and O–H groups in total. The molecule has 0 atom stereocenters. The fraction of sp³-hybridized carbons (Fsp3) is 0.875. The van der Waals surface area contributed by atoms with Crippen LogP contribution in [0.3, 0.4) is 0 Å². The van der Waals surface area contributed by atoms with Crippen molar-refractivity contribution in [3.05, 3.63) is 11.7 Å². The fourth-order valence-corrected chi connectivity index (χ4v) is 3.78. The van der Waals surface area contributed by atoms with Crippen molar-refractivity contribution in [1.82, 2.24) is 10.1 Å². The van der Waals surface area contributed by atoms with Crippen molar-refractivity contribution in [2.75, 3.05) is 0 Å². The number of nitrogens with two attached hydrogens (primary N) is 1. The zero-order valence-corrected chi connectivity index (χ0v) is 12.6. The minimum Gasteiger partial charge on any atom is -0.337 e. The smallest absolute Gasteiger partial charge is 0.246 e. The van der Waals surface area contributed by atoms with Gasteiger partial charge in [0.1, 0.15) is 0 Å². The molecule has 2 saturated carbocycles. The Balaban J connectivity index is 1.69. The van der Waals surface area contributed by atoms with Gasteiger partial charge in [-0.05, 0) is 44.4 Å². The third-order valence-corrected chi connectivity index (χ3v) is 5.41. The summed E-state index contributed by atoms with van der Waals surface area (Å²) in [5.74, 6) is 2.92. The second-order valence-corrected chi connectivity index (χ2v) is 6.80. The van der Waals surface area contributed by atoms with Crippen LogP contribution in [0, 0.1) is 5.92 Å². The molecule has 0 unspecified atom stereocenters. The number of nitrogens with zero attached hydrogens (tertiary/aromatic N) is 2. The summed E-state index contributed by atoms with van der Waals surface area (Å²) in [6.45, 7) is 2.27. The Morgan fingerprint density at radius 3 is 2.50 bits per heavy atom. The van der Waals surface area contributed by atoms with E-state index < -0.39 is 0 Å². The quantitative estimate of drug-likeness (QED) is 0.910. The standard InChI is InChI=1S/C16H27N3O/c1-2-12-8-10-16(17,11-9-12)15-18-14(19-20-15)13-6-4-3-5-7-13/h12-13H,2-11,17H2,1H3. The Morgan fingerprint density at radius 2 is 1.85 bits per heavy atom. The van der Waals surface area contributed by atoms with Crippen molar-refractivity contribution in [2.45, 2.75) is 82.6 Å². The summed E-state index contributed by atoms with van der Waals surface area (Å²) in [6, 6.07) is 0. The molecule has 0 aromatic carbocycles. The first-order chi connectivity index (χ1) is 9.71. The van der Waals surface area contributed by atoms with Gasteiger partial charge in [-0.3, -0.25) is 0 Å². The number of aromatic nitrogens is 2. The Hall–Kier alpha value is -0.900. The predicted molar refractivity (Wildman–Crippen MR) is 78.2 cm³/mol. The summed E-state index contributed by atoms with van der Waals surface area (Å²) in [6.07, 6.45) is 11.9. The Kier molecular flexibility index (Phi) is 4.11. The van der Waals surface area contributed by atoms with Gasteiger partial charge in [-0.15, -0.1) is 0 Å². The van der Waals surface area contributed by atoms with Crippen molar-refractivity contribution in [3.63, 3.8) is 0 Å². The van der Waals surface area contributed by atoms with Gasteiger partial charge < -0.3 is 10.3 Å². The number of hydrogen-bond donors (Lipinski definition) is 1. The number of hydrogen-bond acceptors (Lipinski definition) is 4. The third kappa shape index (κ3) is 2.76. The Morgan fingerprint density at radius 1 is 1.15 bits per heavy atom. The van der Waals surface area contributed by atoms with Crippen LogP contribution in [-0.4, -0.2) is 10.1 Å². The molecule has 0 saturated heterocycles. The molecule has 2 fully saturated rings. The first kappa shape index (κ1) is 14.1. The maximum Gasteiger partial charge on any atom is 0.246 e. The molecule has 0 bridgehead atoms. The highest BCUT2D eigenvalue weighted by atomic mass is 16.5. The molecule has 0 amide bonds. The summed E-state index contributed by atoms with van der Waals surface area (Å²) < 4.78 is 5.54. The molecule has 112 valence electrons. The van der Waals surface area contributed by atoms with Crippen LogP contribution in [0.1, 0.15) is 88.8 Å². The first-order valence-corrected chi connectivity index (χ1v) is 8.34. The van der Waals surface area contributed by atoms with Crippen LogP contribution in [0.4, 0.5) is 0 Å². The average molecular weight is 277 g/mol. The summed E-state index contributed by atoms with van der Waals surface area (Å²) in [5.41, 5.74) is 6.17. The van der Waals surface area contributed by atoms with Crippen molar-refractivity contribution in [3.8, 4) is 0 Å². The zero-order valence-electron chi connectivity index (χ0n) is 12.6. The molecule has 1 aromatic rings. The van der Waals surface area contributed by atoms with E-state index in [-0.39, 0.29) is 5.54 Å². The van der Waals surface area contributed by atoms with E-state index >= 15 is 0 Å². The maximum absolute atomic E-state index is 6.54. The van der Waals surface area contributed by atoms with Crippen LogP contribution in [0.15, 0.2) is 4.52 Å². The second-order valence-electron chi connectivity index (χ2n) is 6.80. The molecule has 1 aromatic heterocycles. The van der Waals surface area contributed by atoms with Crippen molar-refractivity contribution >= 4 is 0 Å². The van der Waals surface area contributed by atoms with Gasteiger partial charge in [-0.25, -0.2) is 0 Å². The van der Waals surface area contributed by atoms with Crippen molar-refractivity contribution < 1.29 is 4.52 Å². The molecule has 3 rings (SSSR count). The summed E-state index contributed by atoms with van der Waals surface area (Å²) in [7, 11) is 0. The highest BCUT2D eigenvalue weighted by Gasteiger charge is 2.38. The molecule has 4 heteroatoms. The molecule has 0 aliphatic heterocycles. The SMILES string of the molecule is CCC1CCC(N)(c2nc(C3CCCCC3)no2)CC1. The van der Waals surface area contributed by atoms with E-state index in [9.17, 15) is 0 Å². The molecular weight excluding hydrogens is 250 g/mol. The highest BCUT2D eigenvalue weighted by molar-refractivity contribution is 5.06. The van der Waals surface area contributed by atoms with Gasteiger partial charge in [0.25, 0.3) is 0 Å². The van der Waals surface area contributed by atoms with Crippen LogP contribution in [-0.2, 0) is 5.54 Å². The molecule has 0 radical (unpaired) electrons. The normalized spacial score (nSPS) is 32.4. The van der Waals surface area contributed by atoms with Crippen LogP contribution in [0.5, 0.6) is 0 Å². The van der Waals surface area contributed by atoms with Crippen LogP contribution in [0.2, 0.25) is 0 Å². The lowest BCUT2D eigenvalue weighted by Gasteiger charge is -2.33. The largest absolute Gasteiger partial charge is 0.337 e. The van der Waals surface area contributed by atoms with E-state index in [1.54, 1.807) is 0 Å². The minimum absolute atomic E-state index is 0.369. The van der Waals surface area contributed by atoms with E-state index in [2.05, 4.69) is 17.1 Å². The molecule has 2 aliphatic rings. The van der Waals surface area contributed by atoms with Crippen molar-refractivity contribution in [2.24, 2.45) is 11.7 Å². The summed E-state index contributed by atoms with van der Waals surface area (Å²) in [5, 5.41) is 4.23. The fourth-order valence-electron chi connectivity index (χ4n) is 3.78. The van der Waals surface area contributed by atoms with Gasteiger partial charge in [-0.2, -0.15) is 4.98 Å². The van der Waals surface area contributed by atoms with Gasteiger partial charge in [-0.1, -0.05) is 37.8 Å². The van der Waals surface area contributed by atoms with E-state index in [4.69, 9.17) is 10.3 Å². The van der Waals surface area contributed by atoms with E-state index in [0.717, 1.165) is 24.6 Å². The molecule has 2 aliphatic carbocycles. The molecule has 0 spiro atoms. The van der Waals surface area contributed by atoms with E-state index in [0.29, 0.717) is 11.8 Å². The van der Waals surface area contributed by atoms with Gasteiger partial charge in [0.15, 0.2) is 5.82 Å². The average Bonchev–Trinajstić information content (AvgIpc) is 3.00. The predicted octanol–water partition coefficient (Wildman–Crippen LogP) is 3.87. The second kappa shape index (κ2) is 5.84. The first-order valence-electron chi connectivity index (χ1n) is 8.34. The van der Waals surface area contributed by atoms with Gasteiger partial charge >= 0.3 is 0 Å². The van der Waals surface area contributed by atoms with Crippen molar-refractivity contribution in [1.29, 1.82) is 0 Å².